The predicted molar refractivity (Wildman–Crippen MR) is 70.8 cm³/mol. The monoisotopic (exact) mass is 316 g/mol. The van der Waals surface area contributed by atoms with Gasteiger partial charge in [0.2, 0.25) is 5.16 Å². The van der Waals surface area contributed by atoms with Gasteiger partial charge in [-0.25, -0.2) is 9.07 Å². The first-order chi connectivity index (χ1) is 9.61. The Bertz CT molecular complexity index is 622. The zero-order chi connectivity index (χ0) is 14.5. The molecule has 0 bridgehead atoms. The smallest absolute Gasteiger partial charge is 0.327 e. The van der Waals surface area contributed by atoms with Gasteiger partial charge < -0.3 is 4.74 Å². The van der Waals surface area contributed by atoms with Crippen molar-refractivity contribution in [3.05, 3.63) is 34.6 Å². The van der Waals surface area contributed by atoms with Crippen LogP contribution in [0.15, 0.2) is 23.4 Å². The van der Waals surface area contributed by atoms with Crippen LogP contribution in [0.2, 0.25) is 5.02 Å². The fourth-order valence-electron chi connectivity index (χ4n) is 1.39. The summed E-state index contributed by atoms with van der Waals surface area (Å²) in [5.41, 5.74) is 0.629. The normalized spacial score (nSPS) is 10.6. The molecule has 6 nitrogen and oxygen atoms in total. The largest absolute Gasteiger partial charge is 0.468 e. The van der Waals surface area contributed by atoms with Crippen LogP contribution in [0.5, 0.6) is 0 Å². The van der Waals surface area contributed by atoms with Crippen molar-refractivity contribution in [3.63, 3.8) is 0 Å². The van der Waals surface area contributed by atoms with Crippen LogP contribution in [-0.2, 0) is 21.8 Å². The second-order valence-electron chi connectivity index (χ2n) is 3.70. The Balaban J connectivity index is 2.06. The van der Waals surface area contributed by atoms with Gasteiger partial charge in [0.1, 0.15) is 12.4 Å². The summed E-state index contributed by atoms with van der Waals surface area (Å²) in [6, 6.07) is 4.58. The van der Waals surface area contributed by atoms with E-state index in [9.17, 15) is 9.18 Å². The molecule has 1 aromatic carbocycles. The van der Waals surface area contributed by atoms with Gasteiger partial charge in [-0.3, -0.25) is 4.79 Å². The van der Waals surface area contributed by atoms with Gasteiger partial charge in [0, 0.05) is 5.75 Å². The van der Waals surface area contributed by atoms with Crippen molar-refractivity contribution < 1.29 is 13.9 Å². The molecule has 1 aromatic heterocycles. The number of tetrazole rings is 1. The first-order valence-corrected chi connectivity index (χ1v) is 6.87. The Hall–Kier alpha value is -1.67. The SMILES string of the molecule is COC(=O)Cn1nnnc1SCc1cccc(F)c1Cl. The number of carbonyl (C=O) groups is 1. The molecule has 20 heavy (non-hydrogen) atoms. The molecule has 0 aliphatic rings. The van der Waals surface area contributed by atoms with Crippen LogP contribution in [0, 0.1) is 5.82 Å². The number of hydrogen-bond acceptors (Lipinski definition) is 6. The van der Waals surface area contributed by atoms with Crippen molar-refractivity contribution in [1.29, 1.82) is 0 Å². The van der Waals surface area contributed by atoms with Crippen molar-refractivity contribution in [3.8, 4) is 0 Å². The van der Waals surface area contributed by atoms with Gasteiger partial charge in [-0.15, -0.1) is 5.10 Å². The molecule has 0 spiro atoms. The standard InChI is InChI=1S/C11H10ClFN4O2S/c1-19-9(18)5-17-11(14-15-16-17)20-6-7-3-2-4-8(13)10(7)12/h2-4H,5-6H2,1H3. The summed E-state index contributed by atoms with van der Waals surface area (Å²) in [6.45, 7) is -0.0806. The molecule has 0 amide bonds. The van der Waals surface area contributed by atoms with Gasteiger partial charge in [-0.2, -0.15) is 0 Å². The lowest BCUT2D eigenvalue weighted by Gasteiger charge is -2.05. The molecule has 0 unspecified atom stereocenters. The molecular formula is C11H10ClFN4O2S. The first-order valence-electron chi connectivity index (χ1n) is 5.50. The van der Waals surface area contributed by atoms with E-state index in [4.69, 9.17) is 11.6 Å². The van der Waals surface area contributed by atoms with Crippen LogP contribution in [0.25, 0.3) is 0 Å². The van der Waals surface area contributed by atoms with E-state index in [1.165, 1.54) is 29.6 Å². The van der Waals surface area contributed by atoms with E-state index >= 15 is 0 Å². The van der Waals surface area contributed by atoms with Crippen molar-refractivity contribution >= 4 is 29.3 Å². The molecule has 0 aliphatic heterocycles. The molecule has 0 fully saturated rings. The number of thioether (sulfide) groups is 1. The van der Waals surface area contributed by atoms with E-state index in [2.05, 4.69) is 20.3 Å². The van der Waals surface area contributed by atoms with Gasteiger partial charge in [-0.05, 0) is 22.1 Å². The number of halogens is 2. The molecular weight excluding hydrogens is 307 g/mol. The Morgan fingerprint density at radius 1 is 1.55 bits per heavy atom. The van der Waals surface area contributed by atoms with E-state index in [0.29, 0.717) is 16.5 Å². The van der Waals surface area contributed by atoms with Crippen molar-refractivity contribution in [2.45, 2.75) is 17.5 Å². The van der Waals surface area contributed by atoms with Crippen molar-refractivity contribution in [2.75, 3.05) is 7.11 Å². The number of aromatic nitrogens is 4. The highest BCUT2D eigenvalue weighted by atomic mass is 35.5. The number of nitrogens with zero attached hydrogens (tertiary/aromatic N) is 4. The highest BCUT2D eigenvalue weighted by Gasteiger charge is 2.13. The Labute approximate surface area is 123 Å². The highest BCUT2D eigenvalue weighted by molar-refractivity contribution is 7.98. The molecule has 0 saturated carbocycles. The third kappa shape index (κ3) is 3.45. The molecule has 2 rings (SSSR count). The minimum atomic E-state index is -0.473. The quantitative estimate of drug-likeness (QED) is 0.620. The maximum Gasteiger partial charge on any atom is 0.327 e. The third-order valence-corrected chi connectivity index (χ3v) is 3.82. The number of hydrogen-bond donors (Lipinski definition) is 0. The van der Waals surface area contributed by atoms with Crippen LogP contribution >= 0.6 is 23.4 Å². The van der Waals surface area contributed by atoms with Crippen molar-refractivity contribution in [1.82, 2.24) is 20.2 Å². The average Bonchev–Trinajstić information content (AvgIpc) is 2.87. The second kappa shape index (κ2) is 6.67. The molecule has 0 radical (unpaired) electrons. The van der Waals surface area contributed by atoms with Crippen LogP contribution in [-0.4, -0.2) is 33.3 Å². The zero-order valence-corrected chi connectivity index (χ0v) is 12.0. The minimum Gasteiger partial charge on any atom is -0.468 e. The number of carbonyl (C=O) groups excluding carboxylic acids is 1. The highest BCUT2D eigenvalue weighted by Crippen LogP contribution is 2.26. The maximum absolute atomic E-state index is 13.3. The lowest BCUT2D eigenvalue weighted by molar-refractivity contribution is -0.141. The van der Waals surface area contributed by atoms with E-state index in [1.54, 1.807) is 12.1 Å². The number of esters is 1. The van der Waals surface area contributed by atoms with Gasteiger partial charge in [0.25, 0.3) is 0 Å². The summed E-state index contributed by atoms with van der Waals surface area (Å²) in [4.78, 5) is 11.2. The number of ether oxygens (including phenoxy) is 1. The lowest BCUT2D eigenvalue weighted by Crippen LogP contribution is -2.13. The lowest BCUT2D eigenvalue weighted by atomic mass is 10.2. The van der Waals surface area contributed by atoms with Crippen molar-refractivity contribution in [2.24, 2.45) is 0 Å². The zero-order valence-electron chi connectivity index (χ0n) is 10.4. The summed E-state index contributed by atoms with van der Waals surface area (Å²) in [5, 5.41) is 11.5. The number of rotatable bonds is 5. The third-order valence-electron chi connectivity index (χ3n) is 2.39. The van der Waals surface area contributed by atoms with Gasteiger partial charge in [0.05, 0.1) is 12.1 Å². The van der Waals surface area contributed by atoms with Gasteiger partial charge >= 0.3 is 5.97 Å². The fourth-order valence-corrected chi connectivity index (χ4v) is 2.53. The second-order valence-corrected chi connectivity index (χ2v) is 5.02. The topological polar surface area (TPSA) is 69.9 Å². The van der Waals surface area contributed by atoms with Crippen LogP contribution in [0.4, 0.5) is 4.39 Å². The van der Waals surface area contributed by atoms with Crippen LogP contribution < -0.4 is 0 Å². The van der Waals surface area contributed by atoms with Crippen LogP contribution in [0.1, 0.15) is 5.56 Å². The van der Waals surface area contributed by atoms with Crippen LogP contribution in [0.3, 0.4) is 0 Å². The van der Waals surface area contributed by atoms with E-state index in [-0.39, 0.29) is 11.6 Å². The summed E-state index contributed by atoms with van der Waals surface area (Å²) >= 11 is 7.11. The Morgan fingerprint density at radius 2 is 2.35 bits per heavy atom. The van der Waals surface area contributed by atoms with Gasteiger partial charge in [-0.1, -0.05) is 35.5 Å². The molecule has 0 aliphatic carbocycles. The maximum atomic E-state index is 13.3. The predicted octanol–water partition coefficient (Wildman–Crippen LogP) is 1.93. The summed E-state index contributed by atoms with van der Waals surface area (Å²) in [7, 11) is 1.28. The molecule has 0 N–H and O–H groups in total. The molecule has 9 heteroatoms. The summed E-state index contributed by atoms with van der Waals surface area (Å²) < 4.78 is 19.1. The average molecular weight is 317 g/mol. The Morgan fingerprint density at radius 3 is 3.10 bits per heavy atom. The molecule has 1 heterocycles. The number of benzene rings is 1. The number of methoxy groups -OCH3 is 1. The van der Waals surface area contributed by atoms with E-state index < -0.39 is 11.8 Å². The minimum absolute atomic E-state index is 0.0759. The summed E-state index contributed by atoms with van der Waals surface area (Å²) in [5.74, 6) is -0.542. The van der Waals surface area contributed by atoms with Gasteiger partial charge in [0.15, 0.2) is 0 Å². The molecule has 0 atom stereocenters. The molecule has 2 aromatic rings. The molecule has 0 saturated heterocycles. The fraction of sp³-hybridized carbons (Fsp3) is 0.273. The first kappa shape index (κ1) is 14.7. The molecule has 106 valence electrons. The van der Waals surface area contributed by atoms with E-state index in [0.717, 1.165) is 0 Å². The summed E-state index contributed by atoms with van der Waals surface area (Å²) in [6.07, 6.45) is 0. The van der Waals surface area contributed by atoms with E-state index in [1.807, 2.05) is 0 Å². The Kier molecular flexibility index (Phi) is 4.91.